The maximum absolute atomic E-state index is 13.3. The number of hydrogen-bond donors (Lipinski definition) is 1. The Hall–Kier alpha value is -2.85. The number of para-hydroxylation sites is 1. The number of benzene rings is 2. The van der Waals surface area contributed by atoms with E-state index in [1.807, 2.05) is 34.9 Å². The number of halogens is 3. The summed E-state index contributed by atoms with van der Waals surface area (Å²) in [6, 6.07) is 14.0. The van der Waals surface area contributed by atoms with Crippen molar-refractivity contribution in [2.75, 3.05) is 13.1 Å². The van der Waals surface area contributed by atoms with E-state index in [0.717, 1.165) is 49.6 Å². The van der Waals surface area contributed by atoms with E-state index in [2.05, 4.69) is 16.4 Å². The molecule has 1 aromatic heterocycles. The monoisotopic (exact) mass is 400 g/mol. The molecule has 0 unspecified atom stereocenters. The normalized spacial score (nSPS) is 11.7. The van der Waals surface area contributed by atoms with Crippen molar-refractivity contribution in [1.29, 1.82) is 5.26 Å². The topological polar surface area (TPSA) is 53.6 Å². The molecule has 0 aliphatic carbocycles. The molecule has 0 amide bonds. The smallest absolute Gasteiger partial charge is 0.317 e. The van der Waals surface area contributed by atoms with Crippen molar-refractivity contribution < 1.29 is 13.2 Å². The summed E-state index contributed by atoms with van der Waals surface area (Å²) in [4.78, 5) is 4.24. The van der Waals surface area contributed by atoms with Gasteiger partial charge in [-0.05, 0) is 68.6 Å². The van der Waals surface area contributed by atoms with Crippen LogP contribution in [0.4, 0.5) is 13.2 Å². The molecule has 0 aliphatic rings. The van der Waals surface area contributed by atoms with Crippen LogP contribution in [0, 0.1) is 11.3 Å². The Balaban J connectivity index is 1.80. The van der Waals surface area contributed by atoms with Crippen LogP contribution in [0.1, 0.15) is 36.8 Å². The number of fused-ring (bicyclic) bond motifs is 1. The fraction of sp³-hybridized carbons (Fsp3) is 0.364. The maximum Gasteiger partial charge on any atom is 0.416 e. The molecule has 2 aromatic carbocycles. The summed E-state index contributed by atoms with van der Waals surface area (Å²) in [6.07, 6.45) is 0.673. The zero-order valence-corrected chi connectivity index (χ0v) is 16.0. The minimum absolute atomic E-state index is 0.355. The summed E-state index contributed by atoms with van der Waals surface area (Å²) in [7, 11) is 0. The number of nitriles is 1. The molecule has 0 spiro atoms. The molecule has 3 rings (SSSR count). The van der Waals surface area contributed by atoms with E-state index in [1.54, 1.807) is 6.33 Å². The van der Waals surface area contributed by atoms with Crippen LogP contribution < -0.4 is 5.32 Å². The molecule has 4 nitrogen and oxygen atoms in total. The second-order valence-electron chi connectivity index (χ2n) is 6.92. The minimum atomic E-state index is -4.40. The number of unbranched alkanes of at least 4 members (excludes halogenated alkanes) is 2. The number of aromatic nitrogens is 2. The van der Waals surface area contributed by atoms with Gasteiger partial charge in [0.1, 0.15) is 6.33 Å². The van der Waals surface area contributed by atoms with Gasteiger partial charge in [0.05, 0.1) is 22.7 Å². The first-order chi connectivity index (χ1) is 14.0. The van der Waals surface area contributed by atoms with E-state index in [0.29, 0.717) is 23.9 Å². The van der Waals surface area contributed by atoms with E-state index in [4.69, 9.17) is 5.26 Å². The lowest BCUT2D eigenvalue weighted by Gasteiger charge is -2.13. The summed E-state index contributed by atoms with van der Waals surface area (Å²) < 4.78 is 41.9. The number of nitrogens with zero attached hydrogens (tertiary/aromatic N) is 3. The molecule has 1 heterocycles. The van der Waals surface area contributed by atoms with Crippen molar-refractivity contribution in [3.05, 3.63) is 59.9 Å². The molecule has 3 aromatic rings. The summed E-state index contributed by atoms with van der Waals surface area (Å²) >= 11 is 0. The summed E-state index contributed by atoms with van der Waals surface area (Å²) in [5, 5.41) is 11.8. The average molecular weight is 400 g/mol. The van der Waals surface area contributed by atoms with Gasteiger partial charge in [0.15, 0.2) is 0 Å². The van der Waals surface area contributed by atoms with Crippen LogP contribution in [0.5, 0.6) is 0 Å². The zero-order chi connectivity index (χ0) is 20.7. The zero-order valence-electron chi connectivity index (χ0n) is 16.0. The Morgan fingerprint density at radius 2 is 1.79 bits per heavy atom. The van der Waals surface area contributed by atoms with Crippen molar-refractivity contribution in [2.45, 2.75) is 38.3 Å². The van der Waals surface area contributed by atoms with Crippen LogP contribution in [-0.4, -0.2) is 22.6 Å². The quantitative estimate of drug-likeness (QED) is 0.499. The first-order valence-electron chi connectivity index (χ1n) is 9.71. The Kier molecular flexibility index (Phi) is 6.89. The summed E-state index contributed by atoms with van der Waals surface area (Å²) in [6.45, 7) is 1.56. The molecule has 7 heteroatoms. The third-order valence-corrected chi connectivity index (χ3v) is 4.78. The van der Waals surface area contributed by atoms with Crippen LogP contribution in [0.3, 0.4) is 0 Å². The van der Waals surface area contributed by atoms with Crippen molar-refractivity contribution in [3.8, 4) is 11.8 Å². The lowest BCUT2D eigenvalue weighted by atomic mass is 10.0. The third kappa shape index (κ3) is 5.36. The second kappa shape index (κ2) is 9.57. The highest BCUT2D eigenvalue weighted by Gasteiger charge is 2.32. The lowest BCUT2D eigenvalue weighted by Crippen LogP contribution is -2.16. The predicted octanol–water partition coefficient (Wildman–Crippen LogP) is 5.26. The molecule has 0 saturated carbocycles. The maximum atomic E-state index is 13.3. The first-order valence-corrected chi connectivity index (χ1v) is 9.71. The van der Waals surface area contributed by atoms with E-state index in [9.17, 15) is 13.2 Å². The van der Waals surface area contributed by atoms with Gasteiger partial charge in [-0.1, -0.05) is 18.2 Å². The number of aryl methyl sites for hydroxylation is 1. The van der Waals surface area contributed by atoms with Crippen LogP contribution in [0.25, 0.3) is 16.7 Å². The van der Waals surface area contributed by atoms with E-state index >= 15 is 0 Å². The number of alkyl halides is 3. The highest BCUT2D eigenvalue weighted by molar-refractivity contribution is 5.82. The molecule has 29 heavy (non-hydrogen) atoms. The Morgan fingerprint density at radius 1 is 1.03 bits per heavy atom. The molecule has 152 valence electrons. The highest BCUT2D eigenvalue weighted by atomic mass is 19.4. The van der Waals surface area contributed by atoms with Gasteiger partial charge in [-0.15, -0.1) is 0 Å². The van der Waals surface area contributed by atoms with Crippen LogP contribution >= 0.6 is 0 Å². The molecule has 0 radical (unpaired) electrons. The van der Waals surface area contributed by atoms with Crippen molar-refractivity contribution in [1.82, 2.24) is 14.9 Å². The van der Waals surface area contributed by atoms with E-state index < -0.39 is 11.7 Å². The van der Waals surface area contributed by atoms with Crippen molar-refractivity contribution >= 4 is 11.0 Å². The lowest BCUT2D eigenvalue weighted by molar-refractivity contribution is -0.137. The fourth-order valence-corrected chi connectivity index (χ4v) is 3.35. The van der Waals surface area contributed by atoms with Crippen molar-refractivity contribution in [2.24, 2.45) is 0 Å². The third-order valence-electron chi connectivity index (χ3n) is 4.78. The molecular formula is C22H23F3N4. The highest BCUT2D eigenvalue weighted by Crippen LogP contribution is 2.34. The fourth-order valence-electron chi connectivity index (χ4n) is 3.35. The van der Waals surface area contributed by atoms with Gasteiger partial charge < -0.3 is 5.32 Å². The molecule has 0 atom stereocenters. The molecule has 1 N–H and O–H groups in total. The standard InChI is InChI=1S/C22H23F3N4/c23-22(24,25)18-14-17(8-4-6-12-27-13-7-5-11-26)21-20(15-18)28-16-29(21)19-9-2-1-3-10-19/h1-3,9-10,14-16,27H,4-8,12-13H2. The first kappa shape index (κ1) is 20.9. The minimum Gasteiger partial charge on any atom is -0.317 e. The Bertz CT molecular complexity index is 971. The number of hydrogen-bond acceptors (Lipinski definition) is 3. The summed E-state index contributed by atoms with van der Waals surface area (Å²) in [5.41, 5.74) is 1.95. The van der Waals surface area contributed by atoms with Crippen LogP contribution in [0.2, 0.25) is 0 Å². The summed E-state index contributed by atoms with van der Waals surface area (Å²) in [5.74, 6) is 0. The van der Waals surface area contributed by atoms with E-state index in [-0.39, 0.29) is 0 Å². The van der Waals surface area contributed by atoms with Gasteiger partial charge in [0.25, 0.3) is 0 Å². The van der Waals surface area contributed by atoms with Gasteiger partial charge >= 0.3 is 6.18 Å². The Labute approximate surface area is 168 Å². The largest absolute Gasteiger partial charge is 0.416 e. The second-order valence-corrected chi connectivity index (χ2v) is 6.92. The molecule has 0 fully saturated rings. The van der Waals surface area contributed by atoms with Gasteiger partial charge in [-0.3, -0.25) is 4.57 Å². The molecule has 0 bridgehead atoms. The van der Waals surface area contributed by atoms with Gasteiger partial charge in [-0.2, -0.15) is 18.4 Å². The van der Waals surface area contributed by atoms with Gasteiger partial charge in [0, 0.05) is 12.1 Å². The molecular weight excluding hydrogens is 377 g/mol. The molecule has 0 saturated heterocycles. The molecule has 0 aliphatic heterocycles. The van der Waals surface area contributed by atoms with E-state index in [1.165, 1.54) is 6.07 Å². The van der Waals surface area contributed by atoms with Crippen molar-refractivity contribution in [3.63, 3.8) is 0 Å². The number of nitrogens with one attached hydrogen (secondary N) is 1. The van der Waals surface area contributed by atoms with Gasteiger partial charge in [-0.25, -0.2) is 4.98 Å². The van der Waals surface area contributed by atoms with Crippen LogP contribution in [0.15, 0.2) is 48.8 Å². The number of rotatable bonds is 9. The average Bonchev–Trinajstić information content (AvgIpc) is 3.14. The predicted molar refractivity (Wildman–Crippen MR) is 107 cm³/mol. The SMILES string of the molecule is N#CCCCNCCCCc1cc(C(F)(F)F)cc2ncn(-c3ccccc3)c12. The number of imidazole rings is 1. The van der Waals surface area contributed by atoms with Crippen LogP contribution in [-0.2, 0) is 12.6 Å². The Morgan fingerprint density at radius 3 is 2.52 bits per heavy atom. The van der Waals surface area contributed by atoms with Gasteiger partial charge in [0.2, 0.25) is 0 Å².